The molecule has 5 N–H and O–H groups in total. The number of piperidine rings is 1. The Morgan fingerprint density at radius 3 is 2.26 bits per heavy atom. The second kappa shape index (κ2) is 15.7. The predicted octanol–water partition coefficient (Wildman–Crippen LogP) is 3.99. The third-order valence-corrected chi connectivity index (χ3v) is 16.1. The fourth-order valence-corrected chi connectivity index (χ4v) is 11.0. The summed E-state index contributed by atoms with van der Waals surface area (Å²) in [5, 5.41) is 22.8. The molecule has 1 saturated heterocycles. The molecule has 53 heavy (non-hydrogen) atoms. The predicted molar refractivity (Wildman–Crippen MR) is 205 cm³/mol. The summed E-state index contributed by atoms with van der Waals surface area (Å²) in [7, 11) is -3.63. The normalized spacial score (nSPS) is 31.2. The number of aliphatic hydroxyl groups excluding tert-OH is 1. The lowest BCUT2D eigenvalue weighted by atomic mass is 9.68. The van der Waals surface area contributed by atoms with Gasteiger partial charge in [-0.05, 0) is 106 Å². The molecule has 0 radical (unpaired) electrons. The lowest BCUT2D eigenvalue weighted by Crippen LogP contribution is -2.67. The lowest BCUT2D eigenvalue weighted by molar-refractivity contribution is -0.142. The maximum Gasteiger partial charge on any atom is 0.316 e. The van der Waals surface area contributed by atoms with Crippen molar-refractivity contribution in [3.05, 3.63) is 24.3 Å². The molecule has 4 aliphatic carbocycles. The molecule has 0 aromatic rings. The van der Waals surface area contributed by atoms with E-state index >= 15 is 0 Å². The first-order valence-corrected chi connectivity index (χ1v) is 21.6. The Hall–Kier alpha value is -2.93. The van der Waals surface area contributed by atoms with Crippen LogP contribution in [0.25, 0.3) is 0 Å². The highest BCUT2D eigenvalue weighted by atomic mass is 32.2. The van der Waals surface area contributed by atoms with Crippen molar-refractivity contribution in [2.75, 3.05) is 18.8 Å². The molecule has 298 valence electrons. The van der Waals surface area contributed by atoms with Crippen molar-refractivity contribution in [2.24, 2.45) is 35.0 Å². The molecule has 13 heteroatoms. The summed E-state index contributed by atoms with van der Waals surface area (Å²) in [6.45, 7) is 17.4. The van der Waals surface area contributed by atoms with Crippen LogP contribution in [-0.4, -0.2) is 95.5 Å². The number of hydrogen-bond acceptors (Lipinski definition) is 7. The van der Waals surface area contributed by atoms with Gasteiger partial charge in [0, 0.05) is 13.1 Å². The highest BCUT2D eigenvalue weighted by Gasteiger charge is 2.70. The van der Waals surface area contributed by atoms with Gasteiger partial charge in [0.05, 0.1) is 22.1 Å². The van der Waals surface area contributed by atoms with Gasteiger partial charge in [0.25, 0.3) is 5.91 Å². The van der Waals surface area contributed by atoms with Crippen molar-refractivity contribution in [3.63, 3.8) is 0 Å². The molecule has 0 aromatic carbocycles. The molecule has 0 aromatic heterocycles. The highest BCUT2D eigenvalue weighted by Crippen LogP contribution is 2.65. The summed E-state index contributed by atoms with van der Waals surface area (Å²) < 4.78 is 26.4. The molecule has 1 aliphatic heterocycles. The number of carbonyl (C=O) groups excluding carboxylic acids is 4. The minimum absolute atomic E-state index is 0.0783. The molecule has 0 bridgehead atoms. The van der Waals surface area contributed by atoms with Crippen LogP contribution in [0, 0.1) is 35.0 Å². The van der Waals surface area contributed by atoms with Crippen molar-refractivity contribution in [3.8, 4) is 0 Å². The van der Waals surface area contributed by atoms with Crippen LogP contribution >= 0.6 is 0 Å². The molecular formula is C40H65N5O7S. The zero-order valence-corrected chi connectivity index (χ0v) is 33.8. The Morgan fingerprint density at radius 2 is 1.70 bits per heavy atom. The van der Waals surface area contributed by atoms with Crippen LogP contribution in [0.4, 0.5) is 4.79 Å². The lowest BCUT2D eigenvalue weighted by Gasteiger charge is -2.48. The third-order valence-electron chi connectivity index (χ3n) is 13.4. The number of carbonyl (C=O) groups is 4. The number of nitrogens with zero attached hydrogens (tertiary/aromatic N) is 1. The fourth-order valence-electron chi connectivity index (χ4n) is 9.33. The number of hydrogen-bond donors (Lipinski definition) is 5. The van der Waals surface area contributed by atoms with Gasteiger partial charge in [-0.3, -0.25) is 14.4 Å². The van der Waals surface area contributed by atoms with E-state index in [0.29, 0.717) is 25.3 Å². The highest BCUT2D eigenvalue weighted by molar-refractivity contribution is 7.92. The van der Waals surface area contributed by atoms with E-state index in [1.165, 1.54) is 6.08 Å². The second-order valence-corrected chi connectivity index (χ2v) is 21.1. The maximum absolute atomic E-state index is 14.8. The van der Waals surface area contributed by atoms with Crippen molar-refractivity contribution in [2.45, 2.75) is 147 Å². The molecule has 5 aliphatic rings. The molecule has 12 nitrogen and oxygen atoms in total. The first-order valence-electron chi connectivity index (χ1n) is 19.9. The van der Waals surface area contributed by atoms with Gasteiger partial charge in [-0.1, -0.05) is 59.1 Å². The van der Waals surface area contributed by atoms with E-state index in [0.717, 1.165) is 56.9 Å². The molecular weight excluding hydrogens is 695 g/mol. The molecule has 5 amide bonds. The van der Waals surface area contributed by atoms with Crippen LogP contribution < -0.4 is 21.3 Å². The van der Waals surface area contributed by atoms with Crippen molar-refractivity contribution >= 4 is 33.6 Å². The summed E-state index contributed by atoms with van der Waals surface area (Å²) in [4.78, 5) is 57.7. The minimum Gasteiger partial charge on any atom is -0.381 e. The average Bonchev–Trinajstić information content (AvgIpc) is 3.94. The molecule has 3 saturated carbocycles. The van der Waals surface area contributed by atoms with Gasteiger partial charge in [-0.15, -0.1) is 6.58 Å². The first kappa shape index (κ1) is 41.2. The zero-order valence-electron chi connectivity index (χ0n) is 33.0. The standard InChI is InChI=1S/C40H65N5O7S/c1-9-20-41-35(48)33(46)29(21-26-18-19-26)42-34(47)32-30-28(39(30,7)8)22-45(32)36(49)31(27-16-11-10-12-17-27)43-37(50)44-40(23-53(51,52)38(4,5)6)24(2)14-13-15-25(40)3/h9,16,24-26,28-33,46H,1,10-15,17-23H2,2-8H3,(H,41,48)(H,42,47)(H2,43,44,50)/t24-,25+,28-,29?,30-,31-,32-,33?,40+/m0/s1. The van der Waals surface area contributed by atoms with Gasteiger partial charge in [-0.2, -0.15) is 0 Å². The number of allylic oxidation sites excluding steroid dienone is 1. The van der Waals surface area contributed by atoms with Crippen LogP contribution in [-0.2, 0) is 24.2 Å². The number of nitrogens with one attached hydrogen (secondary N) is 4. The van der Waals surface area contributed by atoms with Crippen LogP contribution in [0.2, 0.25) is 0 Å². The molecule has 0 spiro atoms. The number of rotatable bonds is 14. The van der Waals surface area contributed by atoms with Crippen LogP contribution in [0.15, 0.2) is 24.3 Å². The number of likely N-dealkylation sites (tertiary alicyclic amines) is 1. The fraction of sp³-hybridized carbons (Fsp3) is 0.800. The van der Waals surface area contributed by atoms with E-state index < -0.39 is 62.2 Å². The Labute approximate surface area is 317 Å². The van der Waals surface area contributed by atoms with E-state index in [1.807, 2.05) is 19.9 Å². The topological polar surface area (TPSA) is 174 Å². The van der Waals surface area contributed by atoms with Crippen LogP contribution in [0.3, 0.4) is 0 Å². The van der Waals surface area contributed by atoms with Gasteiger partial charge in [0.15, 0.2) is 15.9 Å². The number of amides is 5. The van der Waals surface area contributed by atoms with E-state index in [-0.39, 0.29) is 47.3 Å². The summed E-state index contributed by atoms with van der Waals surface area (Å²) in [6.07, 6.45) is 10.1. The van der Waals surface area contributed by atoms with E-state index in [4.69, 9.17) is 0 Å². The van der Waals surface area contributed by atoms with Crippen molar-refractivity contribution in [1.29, 1.82) is 0 Å². The first-order chi connectivity index (χ1) is 24.7. The van der Waals surface area contributed by atoms with Gasteiger partial charge in [0.2, 0.25) is 11.8 Å². The second-order valence-electron chi connectivity index (χ2n) is 18.4. The molecule has 9 atom stereocenters. The summed E-state index contributed by atoms with van der Waals surface area (Å²) in [5.74, 6) is -1.54. The molecule has 4 fully saturated rings. The summed E-state index contributed by atoms with van der Waals surface area (Å²) in [5.41, 5.74) is -0.426. The quantitative estimate of drug-likeness (QED) is 0.167. The number of sulfone groups is 1. The largest absolute Gasteiger partial charge is 0.381 e. The van der Waals surface area contributed by atoms with E-state index in [1.54, 1.807) is 25.7 Å². The number of fused-ring (bicyclic) bond motifs is 1. The summed E-state index contributed by atoms with van der Waals surface area (Å²) >= 11 is 0. The Morgan fingerprint density at radius 1 is 1.04 bits per heavy atom. The molecule has 2 unspecified atom stereocenters. The Balaban J connectivity index is 1.41. The van der Waals surface area contributed by atoms with Gasteiger partial charge >= 0.3 is 6.03 Å². The maximum atomic E-state index is 14.8. The molecule has 1 heterocycles. The third kappa shape index (κ3) is 8.66. The van der Waals surface area contributed by atoms with Crippen LogP contribution in [0.1, 0.15) is 113 Å². The van der Waals surface area contributed by atoms with Crippen LogP contribution in [0.5, 0.6) is 0 Å². The SMILES string of the molecule is C=CCNC(=O)C(O)C(CC1CC1)NC(=O)[C@@H]1[C@@H]2[C@H](CN1C(=O)[C@@H](NC(=O)N[C@@]1(CS(=O)(=O)C(C)(C)C)[C@H](C)CCC[C@@H]1C)C1=CCCCC1)C2(C)C. The summed E-state index contributed by atoms with van der Waals surface area (Å²) in [6, 6.07) is -3.29. The van der Waals surface area contributed by atoms with Gasteiger partial charge in [-0.25, -0.2) is 13.2 Å². The molecule has 5 rings (SSSR count). The van der Waals surface area contributed by atoms with E-state index in [9.17, 15) is 32.7 Å². The van der Waals surface area contributed by atoms with Gasteiger partial charge < -0.3 is 31.3 Å². The minimum atomic E-state index is -3.63. The van der Waals surface area contributed by atoms with E-state index in [2.05, 4.69) is 41.7 Å². The van der Waals surface area contributed by atoms with Crippen molar-refractivity contribution < 1.29 is 32.7 Å². The Kier molecular flexibility index (Phi) is 12.2. The average molecular weight is 760 g/mol. The number of urea groups is 1. The monoisotopic (exact) mass is 759 g/mol. The smallest absolute Gasteiger partial charge is 0.316 e. The number of aliphatic hydroxyl groups is 1. The Bertz CT molecular complexity index is 1550. The van der Waals surface area contributed by atoms with Gasteiger partial charge in [0.1, 0.15) is 12.1 Å². The zero-order chi connectivity index (χ0) is 39.1. The van der Waals surface area contributed by atoms with Crippen molar-refractivity contribution in [1.82, 2.24) is 26.2 Å².